The summed E-state index contributed by atoms with van der Waals surface area (Å²) in [5, 5.41) is 11.0. The van der Waals surface area contributed by atoms with E-state index in [1.54, 1.807) is 0 Å². The van der Waals surface area contributed by atoms with Gasteiger partial charge in [-0.05, 0) is 50.4 Å². The van der Waals surface area contributed by atoms with Gasteiger partial charge in [-0.25, -0.2) is 0 Å². The highest BCUT2D eigenvalue weighted by atomic mass is 16.7. The van der Waals surface area contributed by atoms with Gasteiger partial charge in [0, 0.05) is 11.5 Å². The van der Waals surface area contributed by atoms with E-state index in [2.05, 4.69) is 4.98 Å². The van der Waals surface area contributed by atoms with Crippen LogP contribution in [0.5, 0.6) is 5.75 Å². The van der Waals surface area contributed by atoms with Gasteiger partial charge in [0.25, 0.3) is 0 Å². The molecular formula is C14H19BN2O5. The second-order valence-electron chi connectivity index (χ2n) is 6.74. The molecule has 1 saturated heterocycles. The lowest BCUT2D eigenvalue weighted by Crippen LogP contribution is -2.41. The Bertz CT molecular complexity index is 599. The van der Waals surface area contributed by atoms with Crippen LogP contribution in [0, 0.1) is 10.1 Å². The third-order valence-corrected chi connectivity index (χ3v) is 4.40. The zero-order valence-electron chi connectivity index (χ0n) is 13.2. The van der Waals surface area contributed by atoms with Crippen molar-refractivity contribution in [2.24, 2.45) is 0 Å². The maximum Gasteiger partial charge on any atom is 0.499 e. The lowest BCUT2D eigenvalue weighted by Gasteiger charge is -2.32. The van der Waals surface area contributed by atoms with Crippen molar-refractivity contribution in [1.29, 1.82) is 0 Å². The summed E-state index contributed by atoms with van der Waals surface area (Å²) in [6, 6.07) is 1.37. The molecule has 1 saturated carbocycles. The highest BCUT2D eigenvalue weighted by Gasteiger charge is 2.53. The van der Waals surface area contributed by atoms with Crippen molar-refractivity contribution in [3.63, 3.8) is 0 Å². The van der Waals surface area contributed by atoms with E-state index in [-0.39, 0.29) is 11.9 Å². The Labute approximate surface area is 129 Å². The standard InChI is InChI=1S/C14H19BN2O5/c1-13(2)14(3,4)22-15(21-13)10-7-12(17(18)19)16-8-11(10)20-9-5-6-9/h7-9H,5-6H2,1-4H3. The molecule has 1 aliphatic heterocycles. The molecule has 0 unspecified atom stereocenters. The molecule has 7 nitrogen and oxygen atoms in total. The summed E-state index contributed by atoms with van der Waals surface area (Å²) < 4.78 is 17.7. The predicted molar refractivity (Wildman–Crippen MR) is 80.3 cm³/mol. The highest BCUT2D eigenvalue weighted by Crippen LogP contribution is 2.37. The number of rotatable bonds is 4. The first-order valence-corrected chi connectivity index (χ1v) is 7.36. The molecule has 2 fully saturated rings. The number of aromatic nitrogens is 1. The molecule has 2 aliphatic rings. The molecule has 0 aromatic carbocycles. The molecule has 0 atom stereocenters. The minimum Gasteiger partial charge on any atom is -0.487 e. The number of nitrogens with zero attached hydrogens (tertiary/aromatic N) is 2. The maximum atomic E-state index is 11.0. The van der Waals surface area contributed by atoms with Crippen molar-refractivity contribution in [3.05, 3.63) is 22.4 Å². The SMILES string of the molecule is CC1(C)OB(c2cc([N+](=O)[O-])ncc2OC2CC2)OC1(C)C. The minimum absolute atomic E-state index is 0.157. The van der Waals surface area contributed by atoms with E-state index in [0.717, 1.165) is 12.8 Å². The van der Waals surface area contributed by atoms with Gasteiger partial charge in [-0.1, -0.05) is 0 Å². The van der Waals surface area contributed by atoms with Crippen LogP contribution in [-0.2, 0) is 9.31 Å². The normalized spacial score (nSPS) is 22.6. The van der Waals surface area contributed by atoms with Crippen LogP contribution in [0.2, 0.25) is 0 Å². The molecule has 0 bridgehead atoms. The molecule has 0 amide bonds. The largest absolute Gasteiger partial charge is 0.499 e. The van der Waals surface area contributed by atoms with E-state index in [1.807, 2.05) is 27.7 Å². The maximum absolute atomic E-state index is 11.0. The Kier molecular flexibility index (Phi) is 3.41. The van der Waals surface area contributed by atoms with Crippen molar-refractivity contribution < 1.29 is 19.0 Å². The number of hydrogen-bond acceptors (Lipinski definition) is 6. The number of hydrogen-bond donors (Lipinski definition) is 0. The Hall–Kier alpha value is -1.67. The average molecular weight is 306 g/mol. The third kappa shape index (κ3) is 2.68. The molecule has 0 spiro atoms. The van der Waals surface area contributed by atoms with Crippen LogP contribution in [0.15, 0.2) is 12.3 Å². The molecule has 3 rings (SSSR count). The monoisotopic (exact) mass is 306 g/mol. The molecule has 1 aliphatic carbocycles. The van der Waals surface area contributed by atoms with Crippen molar-refractivity contribution in [2.75, 3.05) is 0 Å². The molecular weight excluding hydrogens is 287 g/mol. The molecule has 2 heterocycles. The predicted octanol–water partition coefficient (Wildman–Crippen LogP) is 1.83. The molecule has 1 aromatic heterocycles. The topological polar surface area (TPSA) is 83.7 Å². The van der Waals surface area contributed by atoms with Crippen molar-refractivity contribution in [1.82, 2.24) is 4.98 Å². The quantitative estimate of drug-likeness (QED) is 0.479. The molecule has 1 aromatic rings. The molecule has 8 heteroatoms. The van der Waals surface area contributed by atoms with Crippen LogP contribution in [0.25, 0.3) is 0 Å². The third-order valence-electron chi connectivity index (χ3n) is 4.40. The van der Waals surface area contributed by atoms with Crippen molar-refractivity contribution >= 4 is 18.4 Å². The summed E-state index contributed by atoms with van der Waals surface area (Å²) >= 11 is 0. The second-order valence-corrected chi connectivity index (χ2v) is 6.74. The highest BCUT2D eigenvalue weighted by molar-refractivity contribution is 6.63. The van der Waals surface area contributed by atoms with E-state index in [4.69, 9.17) is 14.0 Å². The summed E-state index contributed by atoms with van der Waals surface area (Å²) in [5.74, 6) is 0.249. The van der Waals surface area contributed by atoms with Gasteiger partial charge in [0.1, 0.15) is 0 Å². The van der Waals surface area contributed by atoms with Crippen LogP contribution in [-0.4, -0.2) is 34.3 Å². The fourth-order valence-electron chi connectivity index (χ4n) is 2.16. The Balaban J connectivity index is 1.96. The van der Waals surface area contributed by atoms with E-state index >= 15 is 0 Å². The van der Waals surface area contributed by atoms with Crippen molar-refractivity contribution in [2.45, 2.75) is 57.8 Å². The smallest absolute Gasteiger partial charge is 0.487 e. The average Bonchev–Trinajstić information content (AvgIpc) is 3.17. The Morgan fingerprint density at radius 1 is 1.32 bits per heavy atom. The van der Waals surface area contributed by atoms with Gasteiger partial charge in [-0.2, -0.15) is 0 Å². The van der Waals surface area contributed by atoms with Gasteiger partial charge in [-0.3, -0.25) is 0 Å². The zero-order valence-corrected chi connectivity index (χ0v) is 13.2. The number of ether oxygens (including phenoxy) is 1. The fraction of sp³-hybridized carbons (Fsp3) is 0.643. The molecule has 22 heavy (non-hydrogen) atoms. The lowest BCUT2D eigenvalue weighted by molar-refractivity contribution is -0.389. The van der Waals surface area contributed by atoms with Gasteiger partial charge < -0.3 is 24.2 Å². The van der Waals surface area contributed by atoms with Crippen LogP contribution in [0.1, 0.15) is 40.5 Å². The van der Waals surface area contributed by atoms with Crippen LogP contribution >= 0.6 is 0 Å². The van der Waals surface area contributed by atoms with Crippen LogP contribution in [0.4, 0.5) is 5.82 Å². The summed E-state index contributed by atoms with van der Waals surface area (Å²) in [6.45, 7) is 7.74. The number of pyridine rings is 1. The van der Waals surface area contributed by atoms with Crippen LogP contribution in [0.3, 0.4) is 0 Å². The summed E-state index contributed by atoms with van der Waals surface area (Å²) in [7, 11) is -0.708. The van der Waals surface area contributed by atoms with Gasteiger partial charge in [0.05, 0.1) is 17.3 Å². The number of nitro groups is 1. The van der Waals surface area contributed by atoms with Crippen molar-refractivity contribution in [3.8, 4) is 5.75 Å². The molecule has 118 valence electrons. The van der Waals surface area contributed by atoms with E-state index in [1.165, 1.54) is 12.3 Å². The lowest BCUT2D eigenvalue weighted by atomic mass is 9.79. The first-order chi connectivity index (χ1) is 10.2. The summed E-state index contributed by atoms with van der Waals surface area (Å²) in [5.41, 5.74) is -0.522. The van der Waals surface area contributed by atoms with Gasteiger partial charge >= 0.3 is 12.9 Å². The second kappa shape index (κ2) is 4.92. The first-order valence-electron chi connectivity index (χ1n) is 7.36. The van der Waals surface area contributed by atoms with Gasteiger partial charge in [0.2, 0.25) is 0 Å². The first kappa shape index (κ1) is 15.2. The molecule has 0 radical (unpaired) electrons. The summed E-state index contributed by atoms with van der Waals surface area (Å²) in [6.07, 6.45) is 3.51. The van der Waals surface area contributed by atoms with Gasteiger partial charge in [-0.15, -0.1) is 0 Å². The summed E-state index contributed by atoms with van der Waals surface area (Å²) in [4.78, 5) is 14.3. The minimum atomic E-state index is -0.708. The zero-order chi connectivity index (χ0) is 16.1. The van der Waals surface area contributed by atoms with E-state index < -0.39 is 23.2 Å². The van der Waals surface area contributed by atoms with E-state index in [9.17, 15) is 10.1 Å². The van der Waals surface area contributed by atoms with Gasteiger partial charge in [0.15, 0.2) is 11.9 Å². The fourth-order valence-corrected chi connectivity index (χ4v) is 2.16. The molecule has 0 N–H and O–H groups in total. The van der Waals surface area contributed by atoms with Crippen LogP contribution < -0.4 is 10.2 Å². The Morgan fingerprint density at radius 2 is 1.91 bits per heavy atom. The Morgan fingerprint density at radius 3 is 2.41 bits per heavy atom. The van der Waals surface area contributed by atoms with E-state index in [0.29, 0.717) is 11.2 Å².